The van der Waals surface area contributed by atoms with Crippen molar-refractivity contribution in [3.63, 3.8) is 0 Å². The van der Waals surface area contributed by atoms with Gasteiger partial charge in [-0.1, -0.05) is 48.5 Å². The van der Waals surface area contributed by atoms with Crippen molar-refractivity contribution in [2.45, 2.75) is 6.54 Å². The van der Waals surface area contributed by atoms with E-state index in [0.29, 0.717) is 55.4 Å². The van der Waals surface area contributed by atoms with Crippen molar-refractivity contribution in [1.82, 2.24) is 14.7 Å². The largest absolute Gasteiger partial charge is 0.497 e. The number of ether oxygens (including phenoxy) is 1. The monoisotopic (exact) mass is 495 g/mol. The maximum Gasteiger partial charge on any atom is 0.257 e. The summed E-state index contributed by atoms with van der Waals surface area (Å²) in [5.74, 6) is 0.0364. The number of amides is 1. The Bertz CT molecular complexity index is 1450. The second kappa shape index (κ2) is 10.5. The molecule has 0 N–H and O–H groups in total. The number of anilines is 1. The smallest absolute Gasteiger partial charge is 0.257 e. The van der Waals surface area contributed by atoms with Crippen LogP contribution in [0, 0.1) is 17.1 Å². The fraction of sp³-hybridized carbons (Fsp3) is 0.207. The summed E-state index contributed by atoms with van der Waals surface area (Å²) < 4.78 is 21.3. The molecular weight excluding hydrogens is 469 g/mol. The van der Waals surface area contributed by atoms with Crippen LogP contribution in [-0.2, 0) is 6.54 Å². The van der Waals surface area contributed by atoms with E-state index in [-0.39, 0.29) is 11.5 Å². The zero-order valence-corrected chi connectivity index (χ0v) is 20.5. The lowest BCUT2D eigenvalue weighted by atomic mass is 10.1. The maximum atomic E-state index is 14.1. The van der Waals surface area contributed by atoms with Gasteiger partial charge in [-0.3, -0.25) is 9.48 Å². The standard InChI is InChI=1S/C29H26FN5O2/c1-37-23-10-5-9-22(17-23)28-25(20-35(32-28)19-21-7-3-2-4-8-21)29(36)34-15-13-33(14-16-34)27-12-6-11-26(30)24(27)18-31/h2-12,17,20H,13-16,19H2,1H3. The van der Waals surface area contributed by atoms with Crippen molar-refractivity contribution >= 4 is 11.6 Å². The SMILES string of the molecule is COc1cccc(-c2nn(Cc3ccccc3)cc2C(=O)N2CCN(c3cccc(F)c3C#N)CC2)c1. The number of hydrogen-bond acceptors (Lipinski definition) is 5. The van der Waals surface area contributed by atoms with Crippen LogP contribution in [0.3, 0.4) is 0 Å². The maximum absolute atomic E-state index is 14.1. The van der Waals surface area contributed by atoms with Gasteiger partial charge in [0, 0.05) is 37.9 Å². The summed E-state index contributed by atoms with van der Waals surface area (Å²) in [6.07, 6.45) is 1.80. The van der Waals surface area contributed by atoms with E-state index >= 15 is 0 Å². The number of rotatable bonds is 6. The number of aromatic nitrogens is 2. The summed E-state index contributed by atoms with van der Waals surface area (Å²) in [5, 5.41) is 14.2. The van der Waals surface area contributed by atoms with Crippen molar-refractivity contribution in [3.8, 4) is 23.1 Å². The van der Waals surface area contributed by atoms with Crippen LogP contribution in [0.4, 0.5) is 10.1 Å². The molecule has 37 heavy (non-hydrogen) atoms. The number of nitriles is 1. The highest BCUT2D eigenvalue weighted by Gasteiger charge is 2.28. The number of nitrogens with zero attached hydrogens (tertiary/aromatic N) is 5. The molecule has 0 unspecified atom stereocenters. The lowest BCUT2D eigenvalue weighted by Crippen LogP contribution is -2.49. The van der Waals surface area contributed by atoms with Gasteiger partial charge >= 0.3 is 0 Å². The first-order valence-electron chi connectivity index (χ1n) is 12.1. The van der Waals surface area contributed by atoms with Crippen molar-refractivity contribution in [2.24, 2.45) is 0 Å². The van der Waals surface area contributed by atoms with Crippen LogP contribution in [0.25, 0.3) is 11.3 Å². The minimum absolute atomic E-state index is 0.0322. The molecule has 7 nitrogen and oxygen atoms in total. The third-order valence-electron chi connectivity index (χ3n) is 6.53. The van der Waals surface area contributed by atoms with Gasteiger partial charge in [0.15, 0.2) is 0 Å². The van der Waals surface area contributed by atoms with Gasteiger partial charge in [-0.05, 0) is 29.8 Å². The molecule has 0 aliphatic carbocycles. The van der Waals surface area contributed by atoms with E-state index in [2.05, 4.69) is 0 Å². The normalized spacial score (nSPS) is 13.3. The molecular formula is C29H26FN5O2. The average Bonchev–Trinajstić information content (AvgIpc) is 3.37. The highest BCUT2D eigenvalue weighted by Crippen LogP contribution is 2.28. The Morgan fingerprint density at radius 2 is 1.78 bits per heavy atom. The first-order valence-corrected chi connectivity index (χ1v) is 12.1. The number of hydrogen-bond donors (Lipinski definition) is 0. The Kier molecular flexibility index (Phi) is 6.86. The van der Waals surface area contributed by atoms with E-state index in [1.807, 2.05) is 65.6 Å². The highest BCUT2D eigenvalue weighted by molar-refractivity contribution is 6.00. The molecule has 186 valence electrons. The van der Waals surface area contributed by atoms with Gasteiger partial charge in [0.25, 0.3) is 5.91 Å². The molecule has 0 radical (unpaired) electrons. The minimum Gasteiger partial charge on any atom is -0.497 e. The Balaban J connectivity index is 1.41. The van der Waals surface area contributed by atoms with E-state index in [4.69, 9.17) is 9.84 Å². The molecule has 1 fully saturated rings. The van der Waals surface area contributed by atoms with Crippen LogP contribution in [0.5, 0.6) is 5.75 Å². The highest BCUT2D eigenvalue weighted by atomic mass is 19.1. The summed E-state index contributed by atoms with van der Waals surface area (Å²) in [4.78, 5) is 17.5. The summed E-state index contributed by atoms with van der Waals surface area (Å²) in [6, 6.07) is 24.1. The third-order valence-corrected chi connectivity index (χ3v) is 6.53. The molecule has 1 aliphatic rings. The van der Waals surface area contributed by atoms with Crippen molar-refractivity contribution in [2.75, 3.05) is 38.2 Å². The Morgan fingerprint density at radius 3 is 2.51 bits per heavy atom. The first kappa shape index (κ1) is 24.1. The first-order chi connectivity index (χ1) is 18.1. The predicted octanol–water partition coefficient (Wildman–Crippen LogP) is 4.58. The van der Waals surface area contributed by atoms with Gasteiger partial charge in [0.1, 0.15) is 28.9 Å². The molecule has 0 atom stereocenters. The Labute approximate surface area is 214 Å². The number of carbonyl (C=O) groups excluding carboxylic acids is 1. The average molecular weight is 496 g/mol. The fourth-order valence-electron chi connectivity index (χ4n) is 4.62. The number of benzene rings is 3. The molecule has 5 rings (SSSR count). The number of carbonyl (C=O) groups is 1. The molecule has 0 saturated carbocycles. The van der Waals surface area contributed by atoms with Gasteiger partial charge in [-0.25, -0.2) is 4.39 Å². The van der Waals surface area contributed by atoms with Gasteiger partial charge < -0.3 is 14.5 Å². The Hall–Kier alpha value is -4.64. The van der Waals surface area contributed by atoms with Crippen molar-refractivity contribution in [1.29, 1.82) is 5.26 Å². The number of piperazine rings is 1. The summed E-state index contributed by atoms with van der Waals surface area (Å²) >= 11 is 0. The number of methoxy groups -OCH3 is 1. The third kappa shape index (κ3) is 5.02. The van der Waals surface area contributed by atoms with E-state index in [0.717, 1.165) is 11.1 Å². The van der Waals surface area contributed by atoms with E-state index in [9.17, 15) is 14.4 Å². The number of halogens is 1. The molecule has 1 saturated heterocycles. The molecule has 4 aromatic rings. The lowest BCUT2D eigenvalue weighted by molar-refractivity contribution is 0.0747. The van der Waals surface area contributed by atoms with E-state index in [1.54, 1.807) is 35.0 Å². The molecule has 1 aliphatic heterocycles. The predicted molar refractivity (Wildman–Crippen MR) is 139 cm³/mol. The second-order valence-electron chi connectivity index (χ2n) is 8.83. The minimum atomic E-state index is -0.535. The molecule has 1 amide bonds. The van der Waals surface area contributed by atoms with Crippen LogP contribution in [0.15, 0.2) is 79.0 Å². The topological polar surface area (TPSA) is 74.4 Å². The van der Waals surface area contributed by atoms with Crippen LogP contribution < -0.4 is 9.64 Å². The molecule has 0 spiro atoms. The van der Waals surface area contributed by atoms with Gasteiger partial charge in [-0.2, -0.15) is 10.4 Å². The van der Waals surface area contributed by atoms with Gasteiger partial charge in [0.2, 0.25) is 0 Å². The van der Waals surface area contributed by atoms with Crippen LogP contribution >= 0.6 is 0 Å². The molecule has 0 bridgehead atoms. The lowest BCUT2D eigenvalue weighted by Gasteiger charge is -2.36. The molecule has 1 aromatic heterocycles. The van der Waals surface area contributed by atoms with Crippen LogP contribution in [0.2, 0.25) is 0 Å². The van der Waals surface area contributed by atoms with Crippen LogP contribution in [0.1, 0.15) is 21.5 Å². The van der Waals surface area contributed by atoms with Crippen molar-refractivity contribution in [3.05, 3.63) is 102 Å². The zero-order chi connectivity index (χ0) is 25.8. The van der Waals surface area contributed by atoms with Crippen LogP contribution in [-0.4, -0.2) is 53.9 Å². The molecule has 3 aromatic carbocycles. The van der Waals surface area contributed by atoms with E-state index in [1.165, 1.54) is 6.07 Å². The van der Waals surface area contributed by atoms with Crippen molar-refractivity contribution < 1.29 is 13.9 Å². The Morgan fingerprint density at radius 1 is 1.03 bits per heavy atom. The van der Waals surface area contributed by atoms with Gasteiger partial charge in [0.05, 0.1) is 24.9 Å². The molecule has 8 heteroatoms. The fourth-order valence-corrected chi connectivity index (χ4v) is 4.62. The zero-order valence-electron chi connectivity index (χ0n) is 20.5. The summed E-state index contributed by atoms with van der Waals surface area (Å²) in [6.45, 7) is 2.42. The molecule has 2 heterocycles. The van der Waals surface area contributed by atoms with E-state index < -0.39 is 5.82 Å². The summed E-state index contributed by atoms with van der Waals surface area (Å²) in [5.41, 5.74) is 3.58. The summed E-state index contributed by atoms with van der Waals surface area (Å²) in [7, 11) is 1.61. The second-order valence-corrected chi connectivity index (χ2v) is 8.83. The quantitative estimate of drug-likeness (QED) is 0.392. The van der Waals surface area contributed by atoms with Gasteiger partial charge in [-0.15, -0.1) is 0 Å².